The summed E-state index contributed by atoms with van der Waals surface area (Å²) in [6, 6.07) is 13.9. The Labute approximate surface area is 141 Å². The average molecular weight is 327 g/mol. The van der Waals surface area contributed by atoms with Crippen molar-refractivity contribution in [1.82, 2.24) is 4.98 Å². The lowest BCUT2D eigenvalue weighted by molar-refractivity contribution is 0.590. The van der Waals surface area contributed by atoms with Crippen molar-refractivity contribution in [3.63, 3.8) is 0 Å². The predicted octanol–water partition coefficient (Wildman–Crippen LogP) is 5.50. The number of nitrogens with zero attached hydrogens (tertiary/aromatic N) is 2. The van der Waals surface area contributed by atoms with Gasteiger partial charge in [-0.2, -0.15) is 0 Å². The van der Waals surface area contributed by atoms with Crippen molar-refractivity contribution in [2.45, 2.75) is 13.8 Å². The Morgan fingerprint density at radius 1 is 1.04 bits per heavy atom. The highest BCUT2D eigenvalue weighted by Gasteiger charge is 2.04. The quantitative estimate of drug-likeness (QED) is 0.620. The van der Waals surface area contributed by atoms with Crippen LogP contribution < -0.4 is 4.90 Å². The lowest BCUT2D eigenvalue weighted by Crippen LogP contribution is -2.21. The molecule has 0 unspecified atom stereocenters. The highest BCUT2D eigenvalue weighted by atomic mass is 35.5. The molecule has 0 amide bonds. The molecule has 0 atom stereocenters. The second kappa shape index (κ2) is 6.88. The highest BCUT2D eigenvalue weighted by Crippen LogP contribution is 2.21. The van der Waals surface area contributed by atoms with Crippen molar-refractivity contribution in [3.05, 3.63) is 58.9 Å². The molecule has 3 nitrogen and oxygen atoms in total. The molecule has 4 heteroatoms. The maximum atomic E-state index is 5.96. The molecule has 0 aliphatic rings. The smallest absolute Gasteiger partial charge is 0.220 e. The molecule has 1 aromatic heterocycles. The molecule has 0 fully saturated rings. The van der Waals surface area contributed by atoms with Crippen molar-refractivity contribution < 1.29 is 4.42 Å². The number of anilines is 1. The molecule has 118 valence electrons. The van der Waals surface area contributed by atoms with E-state index in [1.165, 1.54) is 5.69 Å². The molecule has 3 aromatic rings. The van der Waals surface area contributed by atoms with Crippen LogP contribution in [0.3, 0.4) is 0 Å². The van der Waals surface area contributed by atoms with Crippen molar-refractivity contribution in [2.24, 2.45) is 0 Å². The van der Waals surface area contributed by atoms with Crippen LogP contribution >= 0.6 is 11.6 Å². The van der Waals surface area contributed by atoms with Gasteiger partial charge in [-0.15, -0.1) is 0 Å². The van der Waals surface area contributed by atoms with Gasteiger partial charge in [-0.05, 0) is 55.8 Å². The summed E-state index contributed by atoms with van der Waals surface area (Å²) in [6.07, 6.45) is 3.87. The number of hydrogen-bond donors (Lipinski definition) is 0. The summed E-state index contributed by atoms with van der Waals surface area (Å²) in [5, 5.41) is 0.660. The first-order valence-electron chi connectivity index (χ1n) is 7.78. The third-order valence-electron chi connectivity index (χ3n) is 3.81. The van der Waals surface area contributed by atoms with Gasteiger partial charge in [0.2, 0.25) is 5.89 Å². The Kier molecular flexibility index (Phi) is 4.68. The Bertz CT molecular complexity index is 817. The fourth-order valence-electron chi connectivity index (χ4n) is 2.54. The van der Waals surface area contributed by atoms with Crippen molar-refractivity contribution >= 4 is 40.5 Å². The summed E-state index contributed by atoms with van der Waals surface area (Å²) in [6.45, 7) is 6.35. The van der Waals surface area contributed by atoms with Gasteiger partial charge in [0.25, 0.3) is 0 Å². The summed E-state index contributed by atoms with van der Waals surface area (Å²) in [5.74, 6) is 0.579. The van der Waals surface area contributed by atoms with Crippen LogP contribution in [0.1, 0.15) is 25.3 Å². The second-order valence-electron chi connectivity index (χ2n) is 5.26. The molecule has 0 N–H and O–H groups in total. The molecule has 0 aliphatic carbocycles. The Morgan fingerprint density at radius 3 is 2.48 bits per heavy atom. The minimum atomic E-state index is 0.579. The summed E-state index contributed by atoms with van der Waals surface area (Å²) < 4.78 is 5.68. The van der Waals surface area contributed by atoms with Gasteiger partial charge in [-0.25, -0.2) is 4.98 Å². The first kappa shape index (κ1) is 15.6. The van der Waals surface area contributed by atoms with Gasteiger partial charge >= 0.3 is 0 Å². The van der Waals surface area contributed by atoms with E-state index in [0.29, 0.717) is 10.9 Å². The maximum Gasteiger partial charge on any atom is 0.220 e. The van der Waals surface area contributed by atoms with Crippen LogP contribution in [0.2, 0.25) is 5.02 Å². The molecule has 0 aliphatic heterocycles. The number of benzene rings is 2. The van der Waals surface area contributed by atoms with Gasteiger partial charge < -0.3 is 9.32 Å². The number of hydrogen-bond acceptors (Lipinski definition) is 3. The lowest BCUT2D eigenvalue weighted by Gasteiger charge is -2.20. The third-order valence-corrected chi connectivity index (χ3v) is 4.04. The maximum absolute atomic E-state index is 5.96. The summed E-state index contributed by atoms with van der Waals surface area (Å²) in [5.41, 5.74) is 3.87. The zero-order chi connectivity index (χ0) is 16.2. The summed E-state index contributed by atoms with van der Waals surface area (Å²) in [7, 11) is 0. The van der Waals surface area contributed by atoms with E-state index in [-0.39, 0.29) is 0 Å². The fraction of sp³-hybridized carbons (Fsp3) is 0.211. The van der Waals surface area contributed by atoms with Crippen molar-refractivity contribution in [3.8, 4) is 0 Å². The number of aromatic nitrogens is 1. The molecule has 23 heavy (non-hydrogen) atoms. The summed E-state index contributed by atoms with van der Waals surface area (Å²) in [4.78, 5) is 6.73. The van der Waals surface area contributed by atoms with Crippen molar-refractivity contribution in [1.29, 1.82) is 0 Å². The van der Waals surface area contributed by atoms with E-state index in [1.807, 2.05) is 18.2 Å². The Balaban J connectivity index is 1.78. The first-order chi connectivity index (χ1) is 11.2. The molecular formula is C19H19ClN2O. The standard InChI is InChI=1S/C19H19ClN2O/c1-3-22(4-2)16-9-5-14(6-10-16)7-12-19-21-17-13-15(20)8-11-18(17)23-19/h5-13H,3-4H2,1-2H3. The third kappa shape index (κ3) is 3.57. The molecule has 2 aromatic carbocycles. The number of fused-ring (bicyclic) bond motifs is 1. The first-order valence-corrected chi connectivity index (χ1v) is 8.16. The van der Waals surface area contributed by atoms with Crippen LogP contribution in [0.25, 0.3) is 23.3 Å². The Morgan fingerprint density at radius 2 is 1.78 bits per heavy atom. The second-order valence-corrected chi connectivity index (χ2v) is 5.70. The number of halogens is 1. The van der Waals surface area contributed by atoms with Crippen molar-refractivity contribution in [2.75, 3.05) is 18.0 Å². The van der Waals surface area contributed by atoms with E-state index in [1.54, 1.807) is 12.1 Å². The van der Waals surface area contributed by atoms with Crippen LogP contribution in [0.5, 0.6) is 0 Å². The van der Waals surface area contributed by atoms with E-state index in [4.69, 9.17) is 16.0 Å². The fourth-order valence-corrected chi connectivity index (χ4v) is 2.71. The van der Waals surface area contributed by atoms with Crippen LogP contribution in [0.4, 0.5) is 5.69 Å². The van der Waals surface area contributed by atoms with Crippen LogP contribution in [0, 0.1) is 0 Å². The van der Waals surface area contributed by atoms with Gasteiger partial charge in [-0.1, -0.05) is 23.7 Å². The molecule has 1 heterocycles. The number of oxazole rings is 1. The number of rotatable bonds is 5. The van der Waals surface area contributed by atoms with Gasteiger partial charge in [0.15, 0.2) is 5.58 Å². The lowest BCUT2D eigenvalue weighted by atomic mass is 10.2. The highest BCUT2D eigenvalue weighted by molar-refractivity contribution is 6.31. The molecule has 0 saturated heterocycles. The molecule has 0 saturated carbocycles. The van der Waals surface area contributed by atoms with Crippen LogP contribution in [0.15, 0.2) is 46.9 Å². The minimum Gasteiger partial charge on any atom is -0.437 e. The Hall–Kier alpha value is -2.26. The topological polar surface area (TPSA) is 29.3 Å². The van der Waals surface area contributed by atoms with Gasteiger partial charge in [0.1, 0.15) is 5.52 Å². The van der Waals surface area contributed by atoms with E-state index in [9.17, 15) is 0 Å². The average Bonchev–Trinajstić information content (AvgIpc) is 2.97. The molecule has 0 radical (unpaired) electrons. The SMILES string of the molecule is CCN(CC)c1ccc(C=Cc2nc3cc(Cl)ccc3o2)cc1. The summed E-state index contributed by atoms with van der Waals surface area (Å²) >= 11 is 5.96. The zero-order valence-corrected chi connectivity index (χ0v) is 14.0. The van der Waals surface area contributed by atoms with E-state index in [0.717, 1.165) is 29.8 Å². The molecular weight excluding hydrogens is 308 g/mol. The molecule has 3 rings (SSSR count). The monoisotopic (exact) mass is 326 g/mol. The van der Waals surface area contributed by atoms with E-state index in [2.05, 4.69) is 48.0 Å². The van der Waals surface area contributed by atoms with Crippen LogP contribution in [-0.2, 0) is 0 Å². The van der Waals surface area contributed by atoms with Gasteiger partial charge in [0, 0.05) is 29.9 Å². The minimum absolute atomic E-state index is 0.579. The van der Waals surface area contributed by atoms with Crippen LogP contribution in [-0.4, -0.2) is 18.1 Å². The molecule has 0 bridgehead atoms. The normalized spacial score (nSPS) is 11.4. The van der Waals surface area contributed by atoms with Gasteiger partial charge in [0.05, 0.1) is 0 Å². The molecule has 0 spiro atoms. The van der Waals surface area contributed by atoms with E-state index >= 15 is 0 Å². The predicted molar refractivity (Wildman–Crippen MR) is 98.0 cm³/mol. The zero-order valence-electron chi connectivity index (χ0n) is 13.3. The largest absolute Gasteiger partial charge is 0.437 e. The van der Waals surface area contributed by atoms with E-state index < -0.39 is 0 Å². The van der Waals surface area contributed by atoms with Gasteiger partial charge in [-0.3, -0.25) is 0 Å².